The van der Waals surface area contributed by atoms with Crippen molar-refractivity contribution in [2.24, 2.45) is 17.8 Å². The highest BCUT2D eigenvalue weighted by Gasteiger charge is 2.54. The van der Waals surface area contributed by atoms with E-state index in [1.807, 2.05) is 25.1 Å². The van der Waals surface area contributed by atoms with Gasteiger partial charge >= 0.3 is 0 Å². The van der Waals surface area contributed by atoms with E-state index in [4.69, 9.17) is 4.42 Å². The molecule has 1 heterocycles. The molecule has 0 atom stereocenters. The van der Waals surface area contributed by atoms with Gasteiger partial charge in [-0.15, -0.1) is 10.2 Å². The van der Waals surface area contributed by atoms with Crippen LogP contribution in [0.15, 0.2) is 27.8 Å². The van der Waals surface area contributed by atoms with Gasteiger partial charge in [-0.1, -0.05) is 17.8 Å². The maximum atomic E-state index is 12.3. The van der Waals surface area contributed by atoms with Crippen molar-refractivity contribution < 1.29 is 9.21 Å². The zero-order valence-electron chi connectivity index (χ0n) is 16.5. The molecule has 4 aliphatic rings. The number of rotatable bonds is 5. The number of hydrogen-bond acceptors (Lipinski definition) is 5. The fraction of sp³-hybridized carbons (Fsp3) is 0.591. The van der Waals surface area contributed by atoms with Crippen molar-refractivity contribution in [1.29, 1.82) is 0 Å². The molecule has 1 amide bonds. The van der Waals surface area contributed by atoms with Crippen molar-refractivity contribution in [2.75, 3.05) is 11.1 Å². The Balaban J connectivity index is 1.21. The number of benzene rings is 1. The van der Waals surface area contributed by atoms with Crippen molar-refractivity contribution in [3.05, 3.63) is 35.2 Å². The summed E-state index contributed by atoms with van der Waals surface area (Å²) in [4.78, 5) is 12.3. The Morgan fingerprint density at radius 2 is 1.79 bits per heavy atom. The van der Waals surface area contributed by atoms with Gasteiger partial charge in [0.05, 0.1) is 5.75 Å². The number of nitrogens with zero attached hydrogens (tertiary/aromatic N) is 2. The highest BCUT2D eigenvalue weighted by Crippen LogP contribution is 2.60. The Kier molecular flexibility index (Phi) is 4.49. The first-order valence-electron chi connectivity index (χ1n) is 10.3. The second kappa shape index (κ2) is 6.90. The van der Waals surface area contributed by atoms with E-state index in [0.29, 0.717) is 5.22 Å². The molecule has 0 aliphatic heterocycles. The summed E-state index contributed by atoms with van der Waals surface area (Å²) in [6.07, 6.45) is 7.81. The van der Waals surface area contributed by atoms with Gasteiger partial charge in [-0.25, -0.2) is 0 Å². The van der Waals surface area contributed by atoms with Crippen molar-refractivity contribution in [2.45, 2.75) is 63.0 Å². The summed E-state index contributed by atoms with van der Waals surface area (Å²) in [7, 11) is 0. The summed E-state index contributed by atoms with van der Waals surface area (Å²) < 4.78 is 6.06. The Labute approximate surface area is 170 Å². The molecule has 0 radical (unpaired) electrons. The summed E-state index contributed by atoms with van der Waals surface area (Å²) in [6.45, 7) is 4.11. The summed E-state index contributed by atoms with van der Waals surface area (Å²) in [5, 5.41) is 12.1. The van der Waals surface area contributed by atoms with Crippen LogP contribution in [0.1, 0.15) is 55.5 Å². The standard InChI is InChI=1S/C22H27N3O2S/c1-13-3-4-18(5-14(13)2)23-19(26)12-28-21-25-24-20(27-21)22-9-15-6-16(10-22)8-17(7-15)11-22/h3-5,15-17H,6-12H2,1-2H3,(H,23,26). The number of nitrogens with one attached hydrogen (secondary N) is 1. The van der Waals surface area contributed by atoms with E-state index in [1.165, 1.54) is 61.4 Å². The lowest BCUT2D eigenvalue weighted by Crippen LogP contribution is -2.48. The van der Waals surface area contributed by atoms with Crippen LogP contribution in [0.25, 0.3) is 0 Å². The largest absolute Gasteiger partial charge is 0.415 e. The van der Waals surface area contributed by atoms with Crippen LogP contribution in [0.2, 0.25) is 0 Å². The van der Waals surface area contributed by atoms with Gasteiger partial charge in [0, 0.05) is 11.1 Å². The Bertz CT molecular complexity index is 872. The van der Waals surface area contributed by atoms with Crippen LogP contribution in [0.4, 0.5) is 5.69 Å². The van der Waals surface area contributed by atoms with Gasteiger partial charge < -0.3 is 9.73 Å². The van der Waals surface area contributed by atoms with Crippen LogP contribution in [-0.4, -0.2) is 21.9 Å². The third kappa shape index (κ3) is 3.36. The number of anilines is 1. The predicted octanol–water partition coefficient (Wildman–Crippen LogP) is 4.89. The lowest BCUT2D eigenvalue weighted by atomic mass is 9.49. The fourth-order valence-corrected chi connectivity index (χ4v) is 6.56. The summed E-state index contributed by atoms with van der Waals surface area (Å²) in [5.41, 5.74) is 3.33. The maximum absolute atomic E-state index is 12.3. The monoisotopic (exact) mass is 397 g/mol. The minimum Gasteiger partial charge on any atom is -0.415 e. The molecule has 0 spiro atoms. The number of aromatic nitrogens is 2. The lowest BCUT2D eigenvalue weighted by molar-refractivity contribution is -0.113. The number of hydrogen-bond donors (Lipinski definition) is 1. The van der Waals surface area contributed by atoms with Crippen LogP contribution in [0.5, 0.6) is 0 Å². The summed E-state index contributed by atoms with van der Waals surface area (Å²) >= 11 is 1.33. The predicted molar refractivity (Wildman–Crippen MR) is 109 cm³/mol. The van der Waals surface area contributed by atoms with Crippen LogP contribution in [0.3, 0.4) is 0 Å². The Morgan fingerprint density at radius 3 is 2.43 bits per heavy atom. The lowest BCUT2D eigenvalue weighted by Gasteiger charge is -2.55. The highest BCUT2D eigenvalue weighted by atomic mass is 32.2. The van der Waals surface area contributed by atoms with E-state index in [1.54, 1.807) is 0 Å². The molecule has 4 aliphatic carbocycles. The molecule has 4 fully saturated rings. The molecule has 6 heteroatoms. The van der Waals surface area contributed by atoms with Crippen molar-refractivity contribution in [3.63, 3.8) is 0 Å². The molecule has 5 nitrogen and oxygen atoms in total. The Morgan fingerprint density at radius 1 is 1.11 bits per heavy atom. The van der Waals surface area contributed by atoms with Gasteiger partial charge in [0.15, 0.2) is 0 Å². The third-order valence-electron chi connectivity index (χ3n) is 7.02. The molecule has 0 saturated heterocycles. The zero-order valence-corrected chi connectivity index (χ0v) is 17.3. The second-order valence-electron chi connectivity index (χ2n) is 9.21. The average molecular weight is 398 g/mol. The number of carbonyl (C=O) groups excluding carboxylic acids is 1. The molecular weight excluding hydrogens is 370 g/mol. The molecule has 1 aromatic heterocycles. The first-order chi connectivity index (χ1) is 13.5. The molecule has 1 N–H and O–H groups in total. The van der Waals surface area contributed by atoms with Crippen LogP contribution in [0, 0.1) is 31.6 Å². The van der Waals surface area contributed by atoms with Crippen molar-refractivity contribution in [1.82, 2.24) is 10.2 Å². The third-order valence-corrected chi connectivity index (χ3v) is 7.83. The van der Waals surface area contributed by atoms with Gasteiger partial charge in [-0.05, 0) is 93.4 Å². The highest BCUT2D eigenvalue weighted by molar-refractivity contribution is 7.99. The normalized spacial score (nSPS) is 30.6. The molecule has 4 saturated carbocycles. The van der Waals surface area contributed by atoms with Gasteiger partial charge in [0.25, 0.3) is 5.22 Å². The van der Waals surface area contributed by atoms with Gasteiger partial charge in [-0.2, -0.15) is 0 Å². The Hall–Kier alpha value is -1.82. The van der Waals surface area contributed by atoms with Gasteiger partial charge in [-0.3, -0.25) is 4.79 Å². The zero-order chi connectivity index (χ0) is 19.3. The van der Waals surface area contributed by atoms with Crippen LogP contribution < -0.4 is 5.32 Å². The molecular formula is C22H27N3O2S. The second-order valence-corrected chi connectivity index (χ2v) is 10.1. The first-order valence-corrected chi connectivity index (χ1v) is 11.3. The van der Waals surface area contributed by atoms with E-state index < -0.39 is 0 Å². The first kappa shape index (κ1) is 18.2. The summed E-state index contributed by atoms with van der Waals surface area (Å²) in [5.74, 6) is 3.58. The van der Waals surface area contributed by atoms with E-state index in [0.717, 1.165) is 29.3 Å². The van der Waals surface area contributed by atoms with Crippen molar-refractivity contribution in [3.8, 4) is 0 Å². The molecule has 0 unspecified atom stereocenters. The molecule has 4 bridgehead atoms. The van der Waals surface area contributed by atoms with Gasteiger partial charge in [0.1, 0.15) is 0 Å². The minimum absolute atomic E-state index is 0.0530. The quantitative estimate of drug-likeness (QED) is 0.728. The number of thioether (sulfide) groups is 1. The number of carbonyl (C=O) groups is 1. The average Bonchev–Trinajstić information content (AvgIpc) is 3.12. The number of amides is 1. The van der Waals surface area contributed by atoms with Crippen molar-refractivity contribution >= 4 is 23.4 Å². The fourth-order valence-electron chi connectivity index (χ4n) is 6.00. The summed E-state index contributed by atoms with van der Waals surface area (Å²) in [6, 6.07) is 5.95. The minimum atomic E-state index is -0.0530. The topological polar surface area (TPSA) is 68.0 Å². The SMILES string of the molecule is Cc1ccc(NC(=O)CSc2nnc(C34CC5CC(CC(C5)C3)C4)o2)cc1C. The van der Waals surface area contributed by atoms with E-state index >= 15 is 0 Å². The molecule has 28 heavy (non-hydrogen) atoms. The molecule has 6 rings (SSSR count). The van der Waals surface area contributed by atoms with E-state index in [9.17, 15) is 4.79 Å². The number of aryl methyl sites for hydroxylation is 2. The van der Waals surface area contributed by atoms with Gasteiger partial charge in [0.2, 0.25) is 11.8 Å². The van der Waals surface area contributed by atoms with E-state index in [2.05, 4.69) is 22.4 Å². The smallest absolute Gasteiger partial charge is 0.277 e. The molecule has 2 aromatic rings. The molecule has 148 valence electrons. The maximum Gasteiger partial charge on any atom is 0.277 e. The molecule has 1 aromatic carbocycles. The van der Waals surface area contributed by atoms with Crippen LogP contribution in [-0.2, 0) is 10.2 Å². The van der Waals surface area contributed by atoms with E-state index in [-0.39, 0.29) is 17.1 Å². The van der Waals surface area contributed by atoms with Crippen LogP contribution >= 0.6 is 11.8 Å².